The number of nitrogens with one attached hydrogen (secondary N) is 2. The number of piperidine rings is 1. The Labute approximate surface area is 171 Å². The molecule has 154 valence electrons. The van der Waals surface area contributed by atoms with Crippen molar-refractivity contribution in [2.45, 2.75) is 25.4 Å². The third-order valence-corrected chi connectivity index (χ3v) is 6.70. The third kappa shape index (κ3) is 4.71. The summed E-state index contributed by atoms with van der Waals surface area (Å²) in [6.07, 6.45) is 5.33. The van der Waals surface area contributed by atoms with Crippen LogP contribution in [0.5, 0.6) is 0 Å². The first-order valence-corrected chi connectivity index (χ1v) is 11.7. The monoisotopic (exact) mass is 413 g/mol. The summed E-state index contributed by atoms with van der Waals surface area (Å²) < 4.78 is 25.0. The number of sulfonamides is 1. The summed E-state index contributed by atoms with van der Waals surface area (Å²) in [4.78, 5) is 2.43. The second kappa shape index (κ2) is 8.04. The van der Waals surface area contributed by atoms with Gasteiger partial charge in [-0.15, -0.1) is 0 Å². The summed E-state index contributed by atoms with van der Waals surface area (Å²) >= 11 is 0. The summed E-state index contributed by atoms with van der Waals surface area (Å²) in [6, 6.07) is 14.4. The van der Waals surface area contributed by atoms with Crippen LogP contribution in [-0.2, 0) is 16.6 Å². The highest BCUT2D eigenvalue weighted by atomic mass is 32.2. The molecule has 2 heterocycles. The first-order valence-electron chi connectivity index (χ1n) is 9.83. The predicted molar refractivity (Wildman–Crippen MR) is 118 cm³/mol. The van der Waals surface area contributed by atoms with Gasteiger partial charge in [0.15, 0.2) is 0 Å². The topological polar surface area (TPSA) is 81.3 Å². The van der Waals surface area contributed by atoms with Crippen LogP contribution in [-0.4, -0.2) is 55.9 Å². The average molecular weight is 414 g/mol. The molecule has 4 rings (SSSR count). The average Bonchev–Trinajstić information content (AvgIpc) is 3.15. The van der Waals surface area contributed by atoms with Gasteiger partial charge in [-0.25, -0.2) is 8.42 Å². The molecule has 7 nitrogen and oxygen atoms in total. The van der Waals surface area contributed by atoms with Crippen LogP contribution in [0.2, 0.25) is 0 Å². The number of H-pyrrole nitrogens is 1. The van der Waals surface area contributed by atoms with Crippen molar-refractivity contribution in [3.63, 3.8) is 0 Å². The first kappa shape index (κ1) is 19.7. The molecule has 1 aliphatic heterocycles. The van der Waals surface area contributed by atoms with E-state index in [9.17, 15) is 8.42 Å². The van der Waals surface area contributed by atoms with Crippen molar-refractivity contribution in [1.82, 2.24) is 15.1 Å². The molecule has 1 fully saturated rings. The second-order valence-corrected chi connectivity index (χ2v) is 9.80. The van der Waals surface area contributed by atoms with E-state index in [1.165, 1.54) is 10.6 Å². The first-order chi connectivity index (χ1) is 13.9. The van der Waals surface area contributed by atoms with Crippen LogP contribution in [0.3, 0.4) is 0 Å². The fraction of sp³-hybridized carbons (Fsp3) is 0.381. The van der Waals surface area contributed by atoms with Gasteiger partial charge in [-0.2, -0.15) is 5.10 Å². The number of likely N-dealkylation sites (tertiary alicyclic amines) is 1. The normalized spacial score (nSPS) is 18.1. The molecular weight excluding hydrogens is 386 g/mol. The standard InChI is InChI=1S/C21H27N5O2S/c1-25(29(2,27)28)20-7-3-5-16(11-20)14-26-10-4-6-19(15-26)23-18-8-9-21-17(12-18)13-22-24-21/h3,5,7-9,11-13,19,23H,4,6,10,14-15H2,1-2H3,(H,22,24)/t19-/m0/s1. The zero-order chi connectivity index (χ0) is 20.4. The largest absolute Gasteiger partial charge is 0.381 e. The van der Waals surface area contributed by atoms with Crippen LogP contribution in [0.4, 0.5) is 11.4 Å². The van der Waals surface area contributed by atoms with E-state index in [0.29, 0.717) is 11.7 Å². The maximum atomic E-state index is 11.8. The molecule has 1 saturated heterocycles. The molecule has 0 amide bonds. The van der Waals surface area contributed by atoms with E-state index in [-0.39, 0.29) is 0 Å². The number of aromatic amines is 1. The van der Waals surface area contributed by atoms with Gasteiger partial charge in [0, 0.05) is 37.3 Å². The summed E-state index contributed by atoms with van der Waals surface area (Å²) in [5.41, 5.74) is 3.98. The van der Waals surface area contributed by atoms with Crippen molar-refractivity contribution in [3.05, 3.63) is 54.2 Å². The number of fused-ring (bicyclic) bond motifs is 1. The molecule has 0 bridgehead atoms. The van der Waals surface area contributed by atoms with Gasteiger partial charge in [-0.3, -0.25) is 14.3 Å². The van der Waals surface area contributed by atoms with E-state index in [0.717, 1.165) is 54.6 Å². The molecule has 0 radical (unpaired) electrons. The third-order valence-electron chi connectivity index (χ3n) is 5.49. The van der Waals surface area contributed by atoms with Gasteiger partial charge in [0.05, 0.1) is 23.7 Å². The molecule has 8 heteroatoms. The smallest absolute Gasteiger partial charge is 0.231 e. The lowest BCUT2D eigenvalue weighted by Crippen LogP contribution is -2.41. The van der Waals surface area contributed by atoms with Crippen LogP contribution in [0, 0.1) is 0 Å². The van der Waals surface area contributed by atoms with E-state index in [1.54, 1.807) is 7.05 Å². The zero-order valence-electron chi connectivity index (χ0n) is 16.8. The van der Waals surface area contributed by atoms with Gasteiger partial charge in [-0.05, 0) is 55.3 Å². The lowest BCUT2D eigenvalue weighted by atomic mass is 10.0. The SMILES string of the molecule is CN(c1cccc(CN2CCC[C@H](Nc3ccc4[nH]ncc4c3)C2)c1)S(C)(=O)=O. The number of benzene rings is 2. The summed E-state index contributed by atoms with van der Waals surface area (Å²) in [6.45, 7) is 2.81. The Balaban J connectivity index is 1.41. The highest BCUT2D eigenvalue weighted by molar-refractivity contribution is 7.92. The quantitative estimate of drug-likeness (QED) is 0.649. The minimum absolute atomic E-state index is 0.384. The van der Waals surface area contributed by atoms with E-state index in [2.05, 4.69) is 44.7 Å². The van der Waals surface area contributed by atoms with Crippen LogP contribution in [0.25, 0.3) is 10.9 Å². The number of hydrogen-bond acceptors (Lipinski definition) is 5. The van der Waals surface area contributed by atoms with Gasteiger partial charge in [0.25, 0.3) is 0 Å². The van der Waals surface area contributed by atoms with Crippen molar-refractivity contribution in [2.75, 3.05) is 36.0 Å². The van der Waals surface area contributed by atoms with E-state index in [1.807, 2.05) is 24.4 Å². The molecule has 0 aliphatic carbocycles. The minimum atomic E-state index is -3.26. The van der Waals surface area contributed by atoms with Crippen molar-refractivity contribution in [2.24, 2.45) is 0 Å². The second-order valence-electron chi connectivity index (χ2n) is 7.79. The van der Waals surface area contributed by atoms with E-state index < -0.39 is 10.0 Å². The predicted octanol–water partition coefficient (Wildman–Crippen LogP) is 3.04. The Bertz CT molecular complexity index is 1100. The summed E-state index contributed by atoms with van der Waals surface area (Å²) in [7, 11) is -1.67. The Morgan fingerprint density at radius 2 is 2.14 bits per heavy atom. The maximum Gasteiger partial charge on any atom is 0.231 e. The Kier molecular flexibility index (Phi) is 5.47. The highest BCUT2D eigenvalue weighted by Crippen LogP contribution is 2.23. The molecule has 29 heavy (non-hydrogen) atoms. The lowest BCUT2D eigenvalue weighted by Gasteiger charge is -2.34. The molecule has 3 aromatic rings. The van der Waals surface area contributed by atoms with Crippen LogP contribution in [0.1, 0.15) is 18.4 Å². The molecule has 1 aliphatic rings. The lowest BCUT2D eigenvalue weighted by molar-refractivity contribution is 0.208. The molecule has 0 spiro atoms. The van der Waals surface area contributed by atoms with Gasteiger partial charge in [0.2, 0.25) is 10.0 Å². The van der Waals surface area contributed by atoms with Crippen molar-refractivity contribution >= 4 is 32.3 Å². The summed E-state index contributed by atoms with van der Waals surface area (Å²) in [5.74, 6) is 0. The van der Waals surface area contributed by atoms with E-state index in [4.69, 9.17) is 0 Å². The fourth-order valence-corrected chi connectivity index (χ4v) is 4.38. The minimum Gasteiger partial charge on any atom is -0.381 e. The molecule has 1 aromatic heterocycles. The van der Waals surface area contributed by atoms with Gasteiger partial charge < -0.3 is 5.32 Å². The number of nitrogens with zero attached hydrogens (tertiary/aromatic N) is 3. The van der Waals surface area contributed by atoms with Gasteiger partial charge in [0.1, 0.15) is 0 Å². The van der Waals surface area contributed by atoms with Crippen molar-refractivity contribution in [1.29, 1.82) is 0 Å². The maximum absolute atomic E-state index is 11.8. The fourth-order valence-electron chi connectivity index (χ4n) is 3.89. The molecule has 2 aromatic carbocycles. The molecule has 1 atom stereocenters. The Morgan fingerprint density at radius 1 is 1.28 bits per heavy atom. The Morgan fingerprint density at radius 3 is 2.97 bits per heavy atom. The molecular formula is C21H27N5O2S. The molecule has 0 saturated carbocycles. The number of rotatable bonds is 6. The Hall–Kier alpha value is -2.58. The molecule has 0 unspecified atom stereocenters. The zero-order valence-corrected chi connectivity index (χ0v) is 17.6. The van der Waals surface area contributed by atoms with Crippen LogP contribution >= 0.6 is 0 Å². The summed E-state index contributed by atoms with van der Waals surface area (Å²) in [5, 5.41) is 11.8. The molecule has 2 N–H and O–H groups in total. The number of anilines is 2. The van der Waals surface area contributed by atoms with Gasteiger partial charge in [-0.1, -0.05) is 12.1 Å². The van der Waals surface area contributed by atoms with E-state index >= 15 is 0 Å². The highest BCUT2D eigenvalue weighted by Gasteiger charge is 2.20. The number of aromatic nitrogens is 2. The van der Waals surface area contributed by atoms with Gasteiger partial charge >= 0.3 is 0 Å². The van der Waals surface area contributed by atoms with Crippen LogP contribution in [0.15, 0.2) is 48.7 Å². The number of hydrogen-bond donors (Lipinski definition) is 2. The van der Waals surface area contributed by atoms with Crippen molar-refractivity contribution < 1.29 is 8.42 Å². The van der Waals surface area contributed by atoms with Crippen molar-refractivity contribution in [3.8, 4) is 0 Å². The van der Waals surface area contributed by atoms with Crippen LogP contribution < -0.4 is 9.62 Å².